The number of benzene rings is 2. The van der Waals surface area contributed by atoms with Crippen LogP contribution in [0.15, 0.2) is 67.4 Å². The molecule has 0 aliphatic carbocycles. The van der Waals surface area contributed by atoms with Crippen molar-refractivity contribution in [2.45, 2.75) is 25.3 Å². The first-order valence-corrected chi connectivity index (χ1v) is 10.3. The molecule has 1 unspecified atom stereocenters. The van der Waals surface area contributed by atoms with Crippen LogP contribution in [0.3, 0.4) is 0 Å². The molecule has 2 aromatic carbocycles. The molecule has 34 heavy (non-hydrogen) atoms. The normalized spacial score (nSPS) is 15.7. The summed E-state index contributed by atoms with van der Waals surface area (Å²) in [5.74, 6) is 4.94. The number of nitrogens with two attached hydrogens (primary N) is 2. The van der Waals surface area contributed by atoms with E-state index in [1.807, 2.05) is 12.1 Å². The van der Waals surface area contributed by atoms with Gasteiger partial charge < -0.3 is 20.8 Å². The van der Waals surface area contributed by atoms with Gasteiger partial charge in [-0.1, -0.05) is 30.8 Å². The van der Waals surface area contributed by atoms with Gasteiger partial charge in [0.15, 0.2) is 0 Å². The van der Waals surface area contributed by atoms with Crippen molar-refractivity contribution in [1.82, 2.24) is 10.3 Å². The van der Waals surface area contributed by atoms with Crippen LogP contribution in [0.4, 0.5) is 13.2 Å². The van der Waals surface area contributed by atoms with Crippen molar-refractivity contribution in [2.75, 3.05) is 13.1 Å². The maximum absolute atomic E-state index is 12.4. The summed E-state index contributed by atoms with van der Waals surface area (Å²) >= 11 is 0. The second-order valence-electron chi connectivity index (χ2n) is 7.36. The van der Waals surface area contributed by atoms with Gasteiger partial charge in [0.2, 0.25) is 5.91 Å². The summed E-state index contributed by atoms with van der Waals surface area (Å²) in [5, 5.41) is 8.62. The van der Waals surface area contributed by atoms with Crippen molar-refractivity contribution < 1.29 is 22.7 Å². The first kappa shape index (κ1) is 26.4. The van der Waals surface area contributed by atoms with E-state index in [2.05, 4.69) is 12.0 Å². The second-order valence-corrected chi connectivity index (χ2v) is 7.36. The van der Waals surface area contributed by atoms with E-state index in [1.165, 1.54) is 24.4 Å². The number of likely N-dealkylation sites (tertiary alicyclic amines) is 1. The van der Waals surface area contributed by atoms with Gasteiger partial charge in [0.1, 0.15) is 0 Å². The fraction of sp³-hybridized carbons (Fsp3) is 0.250. The topological polar surface area (TPSA) is 117 Å². The predicted octanol–water partition coefficient (Wildman–Crippen LogP) is 3.29. The van der Waals surface area contributed by atoms with Crippen molar-refractivity contribution in [3.05, 3.63) is 89.6 Å². The van der Waals surface area contributed by atoms with Crippen LogP contribution in [0, 0.1) is 11.3 Å². The number of nitrogens with one attached hydrogen (secondary N) is 1. The number of hydrazine groups is 1. The zero-order chi connectivity index (χ0) is 25.1. The van der Waals surface area contributed by atoms with Gasteiger partial charge >= 0.3 is 6.18 Å². The SMILES string of the molecule is C=CC(=O)N1CCC(OCc2ccc(C(F)(F)F)cc2)C1.N#Cc1cccc(/C(N)=C/NN)c1. The first-order chi connectivity index (χ1) is 16.2. The summed E-state index contributed by atoms with van der Waals surface area (Å²) in [7, 11) is 0. The molecule has 1 aliphatic heterocycles. The van der Waals surface area contributed by atoms with E-state index in [9.17, 15) is 18.0 Å². The molecule has 3 rings (SSSR count). The Hall–Kier alpha value is -3.81. The number of amides is 1. The molecule has 0 bridgehead atoms. The van der Waals surface area contributed by atoms with Crippen LogP contribution < -0.4 is 17.0 Å². The van der Waals surface area contributed by atoms with E-state index in [4.69, 9.17) is 21.6 Å². The van der Waals surface area contributed by atoms with Gasteiger partial charge in [-0.05, 0) is 42.3 Å². The number of nitriles is 1. The Balaban J connectivity index is 0.000000270. The highest BCUT2D eigenvalue weighted by atomic mass is 19.4. The van der Waals surface area contributed by atoms with Crippen LogP contribution in [0.5, 0.6) is 0 Å². The average molecular weight is 473 g/mol. The van der Waals surface area contributed by atoms with Crippen molar-refractivity contribution in [1.29, 1.82) is 5.26 Å². The molecule has 1 heterocycles. The Kier molecular flexibility index (Phi) is 9.67. The van der Waals surface area contributed by atoms with Gasteiger partial charge in [-0.3, -0.25) is 10.6 Å². The lowest BCUT2D eigenvalue weighted by Crippen LogP contribution is -2.28. The maximum Gasteiger partial charge on any atom is 0.416 e. The quantitative estimate of drug-likeness (QED) is 0.337. The maximum atomic E-state index is 12.4. The smallest absolute Gasteiger partial charge is 0.397 e. The molecule has 0 aromatic heterocycles. The lowest BCUT2D eigenvalue weighted by molar-refractivity contribution is -0.137. The number of alkyl halides is 3. The highest BCUT2D eigenvalue weighted by Crippen LogP contribution is 2.29. The predicted molar refractivity (Wildman–Crippen MR) is 122 cm³/mol. The third-order valence-corrected chi connectivity index (χ3v) is 4.96. The lowest BCUT2D eigenvalue weighted by atomic mass is 10.1. The van der Waals surface area contributed by atoms with E-state index < -0.39 is 11.7 Å². The van der Waals surface area contributed by atoms with Gasteiger partial charge in [-0.2, -0.15) is 18.4 Å². The minimum atomic E-state index is -4.32. The summed E-state index contributed by atoms with van der Waals surface area (Å²) in [6.45, 7) is 4.77. The molecule has 1 amide bonds. The van der Waals surface area contributed by atoms with E-state index in [0.29, 0.717) is 29.9 Å². The molecule has 10 heteroatoms. The minimum Gasteiger partial charge on any atom is -0.397 e. The van der Waals surface area contributed by atoms with Crippen LogP contribution >= 0.6 is 0 Å². The summed E-state index contributed by atoms with van der Waals surface area (Å²) in [6.07, 6.45) is -0.957. The van der Waals surface area contributed by atoms with Gasteiger partial charge in [0.25, 0.3) is 0 Å². The van der Waals surface area contributed by atoms with Crippen LogP contribution in [0.2, 0.25) is 0 Å². The fourth-order valence-electron chi connectivity index (χ4n) is 3.14. The number of carbonyl (C=O) groups excluding carboxylic acids is 1. The number of ether oxygens (including phenoxy) is 1. The number of hydrogen-bond donors (Lipinski definition) is 3. The molecule has 0 radical (unpaired) electrons. The molecule has 1 aliphatic rings. The monoisotopic (exact) mass is 473 g/mol. The van der Waals surface area contributed by atoms with Crippen molar-refractivity contribution >= 4 is 11.6 Å². The molecule has 0 saturated carbocycles. The number of halogens is 3. The first-order valence-electron chi connectivity index (χ1n) is 10.3. The molecule has 0 spiro atoms. The van der Waals surface area contributed by atoms with Crippen LogP contribution in [0.25, 0.3) is 5.70 Å². The summed E-state index contributed by atoms with van der Waals surface area (Å²) in [5.41, 5.74) is 9.83. The van der Waals surface area contributed by atoms with Crippen LogP contribution in [0.1, 0.15) is 28.7 Å². The molecule has 1 fully saturated rings. The Labute approximate surface area is 196 Å². The highest BCUT2D eigenvalue weighted by Gasteiger charge is 2.30. The third-order valence-electron chi connectivity index (χ3n) is 4.96. The third kappa shape index (κ3) is 7.95. The largest absolute Gasteiger partial charge is 0.416 e. The second kappa shape index (κ2) is 12.4. The Morgan fingerprint density at radius 1 is 1.29 bits per heavy atom. The Morgan fingerprint density at radius 2 is 2.00 bits per heavy atom. The van der Waals surface area contributed by atoms with Gasteiger partial charge in [-0.15, -0.1) is 0 Å². The standard InChI is InChI=1S/C15H16F3NO2.C9H10N4/c1-2-14(20)19-8-7-13(9-19)21-10-11-3-5-12(6-4-11)15(16,17)18;10-5-7-2-1-3-8(4-7)9(11)6-13-12/h2-6,13H,1,7-10H2;1-4,6,13H,11-12H2/b;9-6-. The number of rotatable bonds is 6. The molecule has 7 nitrogen and oxygen atoms in total. The molecule has 1 atom stereocenters. The molecular weight excluding hydrogens is 447 g/mol. The highest BCUT2D eigenvalue weighted by molar-refractivity contribution is 5.87. The van der Waals surface area contributed by atoms with Crippen molar-refractivity contribution in [3.8, 4) is 6.07 Å². The van der Waals surface area contributed by atoms with Crippen molar-refractivity contribution in [3.63, 3.8) is 0 Å². The molecule has 2 aromatic rings. The average Bonchev–Trinajstić information content (AvgIpc) is 3.32. The molecular formula is C24H26F3N5O2. The van der Waals surface area contributed by atoms with Gasteiger partial charge in [0.05, 0.1) is 35.6 Å². The Morgan fingerprint density at radius 3 is 2.59 bits per heavy atom. The summed E-state index contributed by atoms with van der Waals surface area (Å²) in [6, 6.07) is 13.9. The van der Waals surface area contributed by atoms with E-state index in [1.54, 1.807) is 23.1 Å². The molecule has 180 valence electrons. The zero-order valence-electron chi connectivity index (χ0n) is 18.4. The summed E-state index contributed by atoms with van der Waals surface area (Å²) < 4.78 is 42.9. The number of hydrogen-bond acceptors (Lipinski definition) is 6. The number of nitrogens with zero attached hydrogens (tertiary/aromatic N) is 2. The number of carbonyl (C=O) groups is 1. The summed E-state index contributed by atoms with van der Waals surface area (Å²) in [4.78, 5) is 13.1. The Bertz CT molecular complexity index is 1050. The lowest BCUT2D eigenvalue weighted by Gasteiger charge is -2.15. The van der Waals surface area contributed by atoms with E-state index in [0.717, 1.165) is 24.1 Å². The van der Waals surface area contributed by atoms with Gasteiger partial charge in [-0.25, -0.2) is 0 Å². The van der Waals surface area contributed by atoms with Gasteiger partial charge in [0, 0.05) is 24.9 Å². The van der Waals surface area contributed by atoms with Crippen LogP contribution in [-0.4, -0.2) is 30.0 Å². The molecule has 1 saturated heterocycles. The minimum absolute atomic E-state index is 0.0869. The molecule has 5 N–H and O–H groups in total. The van der Waals surface area contributed by atoms with Crippen LogP contribution in [-0.2, 0) is 22.3 Å². The van der Waals surface area contributed by atoms with E-state index >= 15 is 0 Å². The van der Waals surface area contributed by atoms with E-state index in [-0.39, 0.29) is 18.6 Å². The zero-order valence-corrected chi connectivity index (χ0v) is 18.4. The fourth-order valence-corrected chi connectivity index (χ4v) is 3.14. The van der Waals surface area contributed by atoms with Crippen molar-refractivity contribution in [2.24, 2.45) is 11.6 Å².